The summed E-state index contributed by atoms with van der Waals surface area (Å²) >= 11 is 5.83. The fourth-order valence-corrected chi connectivity index (χ4v) is 4.22. The van der Waals surface area contributed by atoms with Crippen molar-refractivity contribution in [1.82, 2.24) is 5.32 Å². The molecule has 2 aromatic carbocycles. The minimum absolute atomic E-state index is 0.0308. The number of benzene rings is 2. The van der Waals surface area contributed by atoms with E-state index >= 15 is 0 Å². The SMILES string of the molecule is Nc1ccccc1SSCCNC(=O)/C(Cc1ccc(O)c(Cl)c1)=N/O. The van der Waals surface area contributed by atoms with Gasteiger partial charge in [-0.3, -0.25) is 4.79 Å². The topological polar surface area (TPSA) is 108 Å². The Morgan fingerprint density at radius 3 is 2.73 bits per heavy atom. The van der Waals surface area contributed by atoms with E-state index < -0.39 is 5.91 Å². The molecule has 0 saturated heterocycles. The molecular weight excluding hydrogens is 394 g/mol. The number of phenolic OH excluding ortho intramolecular Hbond substituents is 1. The molecule has 6 nitrogen and oxygen atoms in total. The highest BCUT2D eigenvalue weighted by atomic mass is 35.5. The van der Waals surface area contributed by atoms with E-state index in [1.54, 1.807) is 27.7 Å². The lowest BCUT2D eigenvalue weighted by Crippen LogP contribution is -2.33. The van der Waals surface area contributed by atoms with Crippen molar-refractivity contribution in [3.8, 4) is 5.75 Å². The number of rotatable bonds is 8. The van der Waals surface area contributed by atoms with Crippen molar-refractivity contribution < 1.29 is 15.1 Å². The van der Waals surface area contributed by atoms with E-state index in [0.29, 0.717) is 17.9 Å². The number of phenols is 1. The van der Waals surface area contributed by atoms with Crippen LogP contribution in [0.3, 0.4) is 0 Å². The van der Waals surface area contributed by atoms with Crippen molar-refractivity contribution in [1.29, 1.82) is 0 Å². The monoisotopic (exact) mass is 411 g/mol. The van der Waals surface area contributed by atoms with Gasteiger partial charge in [-0.15, -0.1) is 0 Å². The van der Waals surface area contributed by atoms with Crippen LogP contribution in [0, 0.1) is 0 Å². The van der Waals surface area contributed by atoms with Crippen LogP contribution in [0.15, 0.2) is 52.5 Å². The first-order valence-electron chi connectivity index (χ1n) is 7.61. The fraction of sp³-hybridized carbons (Fsp3) is 0.176. The number of nitrogen functional groups attached to an aromatic ring is 1. The largest absolute Gasteiger partial charge is 0.506 e. The fourth-order valence-electron chi connectivity index (χ4n) is 1.98. The summed E-state index contributed by atoms with van der Waals surface area (Å²) in [6, 6.07) is 12.1. The quantitative estimate of drug-likeness (QED) is 0.132. The Labute approximate surface area is 164 Å². The van der Waals surface area contributed by atoms with Gasteiger partial charge in [0.2, 0.25) is 0 Å². The lowest BCUT2D eigenvalue weighted by molar-refractivity contribution is -0.114. The van der Waals surface area contributed by atoms with Gasteiger partial charge < -0.3 is 21.4 Å². The van der Waals surface area contributed by atoms with Gasteiger partial charge in [-0.05, 0) is 29.8 Å². The molecule has 0 aliphatic carbocycles. The van der Waals surface area contributed by atoms with Gasteiger partial charge in [0.15, 0.2) is 0 Å². The summed E-state index contributed by atoms with van der Waals surface area (Å²) in [6.45, 7) is 0.415. The van der Waals surface area contributed by atoms with Gasteiger partial charge in [-0.2, -0.15) is 0 Å². The minimum Gasteiger partial charge on any atom is -0.506 e. The van der Waals surface area contributed by atoms with Crippen molar-refractivity contribution >= 4 is 50.5 Å². The molecule has 9 heteroatoms. The number of aromatic hydroxyl groups is 1. The van der Waals surface area contributed by atoms with Gasteiger partial charge >= 0.3 is 0 Å². The number of nitrogens with zero attached hydrogens (tertiary/aromatic N) is 1. The highest BCUT2D eigenvalue weighted by Crippen LogP contribution is 2.34. The summed E-state index contributed by atoms with van der Waals surface area (Å²) in [5, 5.41) is 24.4. The Morgan fingerprint density at radius 1 is 1.27 bits per heavy atom. The second-order valence-corrected chi connectivity index (χ2v) is 8.07. The molecule has 0 saturated carbocycles. The van der Waals surface area contributed by atoms with Gasteiger partial charge in [0.25, 0.3) is 5.91 Å². The molecular formula is C17H18ClN3O3S2. The van der Waals surface area contributed by atoms with Crippen LogP contribution in [0.25, 0.3) is 0 Å². The van der Waals surface area contributed by atoms with Crippen LogP contribution in [-0.4, -0.2) is 34.2 Å². The van der Waals surface area contributed by atoms with E-state index in [-0.39, 0.29) is 22.9 Å². The van der Waals surface area contributed by atoms with Crippen LogP contribution >= 0.6 is 33.2 Å². The van der Waals surface area contributed by atoms with Gasteiger partial charge in [0.1, 0.15) is 11.5 Å². The number of hydrogen-bond donors (Lipinski definition) is 4. The predicted molar refractivity (Wildman–Crippen MR) is 108 cm³/mol. The number of oxime groups is 1. The van der Waals surface area contributed by atoms with E-state index in [1.807, 2.05) is 24.3 Å². The number of amides is 1. The standard InChI is InChI=1S/C17H18ClN3O3S2/c18-12-9-11(5-6-15(12)22)10-14(21-24)17(23)20-7-8-25-26-16-4-2-1-3-13(16)19/h1-6,9,22,24H,7-8,10,19H2,(H,20,23)/b21-14+. The maximum atomic E-state index is 12.1. The van der Waals surface area contributed by atoms with Crippen LogP contribution in [0.2, 0.25) is 5.02 Å². The van der Waals surface area contributed by atoms with Crippen molar-refractivity contribution in [3.63, 3.8) is 0 Å². The third kappa shape index (κ3) is 6.05. The number of anilines is 1. The number of carbonyl (C=O) groups is 1. The molecule has 2 aromatic rings. The normalized spacial score (nSPS) is 11.3. The van der Waals surface area contributed by atoms with Crippen molar-refractivity contribution in [3.05, 3.63) is 53.1 Å². The molecule has 0 heterocycles. The first-order chi connectivity index (χ1) is 12.5. The average Bonchev–Trinajstić information content (AvgIpc) is 2.63. The Morgan fingerprint density at radius 2 is 2.04 bits per heavy atom. The van der Waals surface area contributed by atoms with E-state index in [1.165, 1.54) is 12.1 Å². The van der Waals surface area contributed by atoms with E-state index in [0.717, 1.165) is 10.6 Å². The highest BCUT2D eigenvalue weighted by molar-refractivity contribution is 8.76. The third-order valence-electron chi connectivity index (χ3n) is 3.31. The number of halogens is 1. The van der Waals surface area contributed by atoms with Crippen LogP contribution in [-0.2, 0) is 11.2 Å². The molecule has 5 N–H and O–H groups in total. The van der Waals surface area contributed by atoms with Crippen LogP contribution in [0.1, 0.15) is 5.56 Å². The second-order valence-electron chi connectivity index (χ2n) is 5.21. The van der Waals surface area contributed by atoms with Crippen molar-refractivity contribution in [2.45, 2.75) is 11.3 Å². The zero-order valence-corrected chi connectivity index (χ0v) is 16.1. The number of nitrogens with one attached hydrogen (secondary N) is 1. The number of hydrogen-bond acceptors (Lipinski definition) is 7. The number of para-hydroxylation sites is 1. The molecule has 0 aliphatic rings. The number of nitrogens with two attached hydrogens (primary N) is 1. The lowest BCUT2D eigenvalue weighted by Gasteiger charge is -2.08. The van der Waals surface area contributed by atoms with E-state index in [2.05, 4.69) is 10.5 Å². The zero-order chi connectivity index (χ0) is 18.9. The molecule has 0 fully saturated rings. The Hall–Kier alpha value is -2.03. The highest BCUT2D eigenvalue weighted by Gasteiger charge is 2.13. The maximum absolute atomic E-state index is 12.1. The summed E-state index contributed by atoms with van der Waals surface area (Å²) in [5.41, 5.74) is 7.20. The van der Waals surface area contributed by atoms with E-state index in [4.69, 9.17) is 22.5 Å². The lowest BCUT2D eigenvalue weighted by atomic mass is 10.1. The molecule has 0 atom stereocenters. The Kier molecular flexibility index (Phi) is 7.96. The molecule has 0 radical (unpaired) electrons. The minimum atomic E-state index is -0.457. The number of carbonyl (C=O) groups excluding carboxylic acids is 1. The molecule has 0 spiro atoms. The van der Waals surface area contributed by atoms with Gasteiger partial charge in [-0.1, -0.05) is 56.5 Å². The van der Waals surface area contributed by atoms with Crippen molar-refractivity contribution in [2.24, 2.45) is 5.16 Å². The first-order valence-corrected chi connectivity index (χ1v) is 10.3. The van der Waals surface area contributed by atoms with Gasteiger partial charge in [0.05, 0.1) is 5.02 Å². The smallest absolute Gasteiger partial charge is 0.269 e. The second kappa shape index (κ2) is 10.2. The maximum Gasteiger partial charge on any atom is 0.269 e. The molecule has 0 bridgehead atoms. The predicted octanol–water partition coefficient (Wildman–Crippen LogP) is 3.56. The zero-order valence-electron chi connectivity index (χ0n) is 13.7. The average molecular weight is 412 g/mol. The van der Waals surface area contributed by atoms with E-state index in [9.17, 15) is 9.90 Å². The first kappa shape index (κ1) is 20.3. The Bertz CT molecular complexity index is 803. The molecule has 0 aliphatic heterocycles. The molecule has 26 heavy (non-hydrogen) atoms. The summed E-state index contributed by atoms with van der Waals surface area (Å²) in [4.78, 5) is 13.1. The molecule has 138 valence electrons. The summed E-state index contributed by atoms with van der Waals surface area (Å²) < 4.78 is 0. The van der Waals surface area contributed by atoms with Gasteiger partial charge in [-0.25, -0.2) is 0 Å². The summed E-state index contributed by atoms with van der Waals surface area (Å²) in [5.74, 6) is 0.159. The summed E-state index contributed by atoms with van der Waals surface area (Å²) in [7, 11) is 3.10. The molecule has 1 amide bonds. The Balaban J connectivity index is 1.76. The summed E-state index contributed by atoms with van der Waals surface area (Å²) in [6.07, 6.45) is 0.102. The van der Waals surface area contributed by atoms with Crippen LogP contribution in [0.4, 0.5) is 5.69 Å². The molecule has 0 unspecified atom stereocenters. The third-order valence-corrected chi connectivity index (χ3v) is 6.04. The van der Waals surface area contributed by atoms with Crippen LogP contribution in [0.5, 0.6) is 5.75 Å². The van der Waals surface area contributed by atoms with Gasteiger partial charge in [0, 0.05) is 29.3 Å². The van der Waals surface area contributed by atoms with Crippen molar-refractivity contribution in [2.75, 3.05) is 18.0 Å². The molecule has 0 aromatic heterocycles. The molecule has 2 rings (SSSR count). The van der Waals surface area contributed by atoms with Crippen LogP contribution < -0.4 is 11.1 Å².